The zero-order valence-corrected chi connectivity index (χ0v) is 24.4. The Morgan fingerprint density at radius 1 is 0.900 bits per heavy atom. The number of nitrogens with zero attached hydrogens (tertiary/aromatic N) is 1. The molecule has 1 aromatic heterocycles. The maximum Gasteiger partial charge on any atom is 0.335 e. The molecule has 40 heavy (non-hydrogen) atoms. The minimum atomic E-state index is -1.15. The Morgan fingerprint density at radius 2 is 1.55 bits per heavy atom. The Hall–Kier alpha value is -3.42. The third kappa shape index (κ3) is 7.01. The van der Waals surface area contributed by atoms with Crippen molar-refractivity contribution < 1.29 is 19.4 Å². The number of carbonyl (C=O) groups is 2. The van der Waals surface area contributed by atoms with Crippen LogP contribution in [0.5, 0.6) is 0 Å². The summed E-state index contributed by atoms with van der Waals surface area (Å²) in [5, 5.41) is 13.5. The highest BCUT2D eigenvalue weighted by molar-refractivity contribution is 6.36. The van der Waals surface area contributed by atoms with E-state index in [1.54, 1.807) is 50.2 Å². The van der Waals surface area contributed by atoms with E-state index in [-0.39, 0.29) is 24.6 Å². The van der Waals surface area contributed by atoms with Gasteiger partial charge in [-0.05, 0) is 74.4 Å². The average molecular weight is 598 g/mol. The average Bonchev–Trinajstić information content (AvgIpc) is 2.92. The van der Waals surface area contributed by atoms with Gasteiger partial charge < -0.3 is 15.2 Å². The van der Waals surface area contributed by atoms with E-state index >= 15 is 0 Å². The Morgan fingerprint density at radius 3 is 2.17 bits per heavy atom. The number of aryl methyl sites for hydroxylation is 1. The maximum absolute atomic E-state index is 13.0. The molecule has 0 fully saturated rings. The van der Waals surface area contributed by atoms with Crippen LogP contribution in [0.3, 0.4) is 0 Å². The molecule has 0 unspecified atom stereocenters. The van der Waals surface area contributed by atoms with E-state index in [2.05, 4.69) is 5.32 Å². The normalized spacial score (nSPS) is 11.3. The van der Waals surface area contributed by atoms with Gasteiger partial charge >= 0.3 is 5.97 Å². The molecule has 0 aliphatic rings. The van der Waals surface area contributed by atoms with Crippen molar-refractivity contribution in [1.82, 2.24) is 10.3 Å². The fourth-order valence-electron chi connectivity index (χ4n) is 4.02. The molecule has 0 saturated heterocycles. The number of nitrogens with one attached hydrogen (secondary N) is 1. The second-order valence-electron chi connectivity index (χ2n) is 9.74. The lowest BCUT2D eigenvalue weighted by Crippen LogP contribution is -2.43. The summed E-state index contributed by atoms with van der Waals surface area (Å²) >= 11 is 18.9. The second kappa shape index (κ2) is 12.4. The van der Waals surface area contributed by atoms with Crippen molar-refractivity contribution in [2.24, 2.45) is 0 Å². The Kier molecular flexibility index (Phi) is 9.16. The minimum absolute atomic E-state index is 0.131. The number of ether oxygens (including phenoxy) is 1. The van der Waals surface area contributed by atoms with Gasteiger partial charge in [0.05, 0.1) is 17.9 Å². The molecule has 0 saturated carbocycles. The standard InChI is InChI=1S/C31H27Cl3N2O4/c1-18-22(17-40-31(2,3)30(39)35-16-19-4-6-21(7-5-19)29(37)38)14-26(25-13-12-24(33)15-27(25)34)28(36-18)20-8-10-23(32)11-9-20/h4-15H,16-17H2,1-3H3,(H,35,39)(H,37,38). The molecule has 3 aromatic carbocycles. The quantitative estimate of drug-likeness (QED) is 0.204. The lowest BCUT2D eigenvalue weighted by Gasteiger charge is -2.25. The first-order valence-corrected chi connectivity index (χ1v) is 13.5. The minimum Gasteiger partial charge on any atom is -0.478 e. The van der Waals surface area contributed by atoms with Gasteiger partial charge in [0.25, 0.3) is 5.91 Å². The number of carboxylic acids is 1. The molecule has 0 aliphatic heterocycles. The number of hydrogen-bond donors (Lipinski definition) is 2. The number of carbonyl (C=O) groups excluding carboxylic acids is 1. The van der Waals surface area contributed by atoms with Gasteiger partial charge in [-0.3, -0.25) is 9.78 Å². The molecule has 0 spiro atoms. The third-order valence-electron chi connectivity index (χ3n) is 6.45. The van der Waals surface area contributed by atoms with Crippen molar-refractivity contribution in [3.63, 3.8) is 0 Å². The van der Waals surface area contributed by atoms with Gasteiger partial charge in [-0.15, -0.1) is 0 Å². The molecule has 1 heterocycles. The molecule has 4 aromatic rings. The molecular weight excluding hydrogens is 571 g/mol. The summed E-state index contributed by atoms with van der Waals surface area (Å²) in [5.74, 6) is -1.31. The number of aromatic carboxylic acids is 1. The maximum atomic E-state index is 13.0. The fourth-order valence-corrected chi connectivity index (χ4v) is 4.65. The number of benzene rings is 3. The van der Waals surface area contributed by atoms with E-state index in [0.29, 0.717) is 15.1 Å². The van der Waals surface area contributed by atoms with Crippen LogP contribution in [-0.4, -0.2) is 27.6 Å². The summed E-state index contributed by atoms with van der Waals surface area (Å²) < 4.78 is 6.10. The zero-order chi connectivity index (χ0) is 29.0. The van der Waals surface area contributed by atoms with Gasteiger partial charge in [-0.25, -0.2) is 4.79 Å². The molecule has 0 radical (unpaired) electrons. The monoisotopic (exact) mass is 596 g/mol. The summed E-state index contributed by atoms with van der Waals surface area (Å²) in [6.45, 7) is 5.64. The lowest BCUT2D eigenvalue weighted by molar-refractivity contribution is -0.144. The summed E-state index contributed by atoms with van der Waals surface area (Å²) in [4.78, 5) is 28.9. The second-order valence-corrected chi connectivity index (χ2v) is 11.0. The number of amides is 1. The van der Waals surface area contributed by atoms with Crippen LogP contribution in [0.4, 0.5) is 0 Å². The highest BCUT2D eigenvalue weighted by Crippen LogP contribution is 2.38. The largest absolute Gasteiger partial charge is 0.478 e. The summed E-state index contributed by atoms with van der Waals surface area (Å²) in [6.07, 6.45) is 0. The molecule has 4 rings (SSSR count). The van der Waals surface area contributed by atoms with E-state index in [9.17, 15) is 9.59 Å². The first-order valence-electron chi connectivity index (χ1n) is 12.4. The van der Waals surface area contributed by atoms with Crippen LogP contribution in [0.25, 0.3) is 22.4 Å². The van der Waals surface area contributed by atoms with E-state index in [1.807, 2.05) is 31.2 Å². The molecule has 0 bridgehead atoms. The molecule has 2 N–H and O–H groups in total. The van der Waals surface area contributed by atoms with Crippen LogP contribution in [-0.2, 0) is 22.7 Å². The van der Waals surface area contributed by atoms with Crippen molar-refractivity contribution in [3.8, 4) is 22.4 Å². The van der Waals surface area contributed by atoms with Gasteiger partial charge in [0.2, 0.25) is 0 Å². The summed E-state index contributed by atoms with van der Waals surface area (Å²) in [5.41, 5.74) is 4.50. The molecule has 6 nitrogen and oxygen atoms in total. The molecular formula is C31H27Cl3N2O4. The van der Waals surface area contributed by atoms with E-state index < -0.39 is 11.6 Å². The smallest absolute Gasteiger partial charge is 0.335 e. The highest BCUT2D eigenvalue weighted by atomic mass is 35.5. The van der Waals surface area contributed by atoms with Gasteiger partial charge in [0.1, 0.15) is 5.60 Å². The molecule has 1 amide bonds. The van der Waals surface area contributed by atoms with Crippen molar-refractivity contribution in [1.29, 1.82) is 0 Å². The molecule has 0 atom stereocenters. The topological polar surface area (TPSA) is 88.5 Å². The first kappa shape index (κ1) is 29.6. The number of hydrogen-bond acceptors (Lipinski definition) is 4. The Bertz CT molecular complexity index is 1550. The van der Waals surface area contributed by atoms with Crippen LogP contribution in [0.1, 0.15) is 41.0 Å². The highest BCUT2D eigenvalue weighted by Gasteiger charge is 2.29. The Labute approximate surface area is 247 Å². The SMILES string of the molecule is Cc1nc(-c2ccc(Cl)cc2)c(-c2ccc(Cl)cc2Cl)cc1COC(C)(C)C(=O)NCc1ccc(C(=O)O)cc1. The van der Waals surface area contributed by atoms with Crippen LogP contribution in [0, 0.1) is 6.92 Å². The van der Waals surface area contributed by atoms with Crippen LogP contribution in [0.2, 0.25) is 15.1 Å². The van der Waals surface area contributed by atoms with E-state index in [4.69, 9.17) is 49.6 Å². The predicted octanol–water partition coefficient (Wildman–Crippen LogP) is 7.99. The summed E-state index contributed by atoms with van der Waals surface area (Å²) in [6, 6.07) is 21.0. The van der Waals surface area contributed by atoms with Crippen LogP contribution < -0.4 is 5.32 Å². The van der Waals surface area contributed by atoms with E-state index in [1.165, 1.54) is 12.1 Å². The lowest BCUT2D eigenvalue weighted by atomic mass is 9.96. The van der Waals surface area contributed by atoms with Crippen molar-refractivity contribution in [2.75, 3.05) is 0 Å². The fraction of sp³-hybridized carbons (Fsp3) is 0.194. The Balaban J connectivity index is 1.56. The van der Waals surface area contributed by atoms with Gasteiger partial charge in [0.15, 0.2) is 0 Å². The van der Waals surface area contributed by atoms with Crippen molar-refractivity contribution >= 4 is 46.7 Å². The number of halogens is 3. The number of aromatic nitrogens is 1. The number of rotatable bonds is 9. The third-order valence-corrected chi connectivity index (χ3v) is 7.25. The van der Waals surface area contributed by atoms with Crippen LogP contribution in [0.15, 0.2) is 72.8 Å². The van der Waals surface area contributed by atoms with Gasteiger partial charge in [-0.2, -0.15) is 0 Å². The van der Waals surface area contributed by atoms with Gasteiger partial charge in [0, 0.05) is 44.0 Å². The van der Waals surface area contributed by atoms with Crippen molar-refractivity contribution in [3.05, 3.63) is 110 Å². The predicted molar refractivity (Wildman–Crippen MR) is 159 cm³/mol. The van der Waals surface area contributed by atoms with E-state index in [0.717, 1.165) is 39.2 Å². The first-order chi connectivity index (χ1) is 18.9. The van der Waals surface area contributed by atoms with Crippen molar-refractivity contribution in [2.45, 2.75) is 39.5 Å². The molecule has 0 aliphatic carbocycles. The molecule has 206 valence electrons. The summed E-state index contributed by atoms with van der Waals surface area (Å²) in [7, 11) is 0. The zero-order valence-electron chi connectivity index (χ0n) is 22.1. The van der Waals surface area contributed by atoms with Crippen LogP contribution >= 0.6 is 34.8 Å². The number of pyridine rings is 1. The molecule has 9 heteroatoms. The number of carboxylic acid groups (broad SMARTS) is 1. The van der Waals surface area contributed by atoms with Gasteiger partial charge in [-0.1, -0.05) is 65.1 Å².